The highest BCUT2D eigenvalue weighted by Gasteiger charge is 2.16. The fourth-order valence-electron chi connectivity index (χ4n) is 3.54. The fourth-order valence-corrected chi connectivity index (χ4v) is 4.03. The third kappa shape index (κ3) is 21.9. The third-order valence-corrected chi connectivity index (χ3v) is 6.24. The van der Waals surface area contributed by atoms with E-state index in [1.54, 1.807) is 0 Å². The summed E-state index contributed by atoms with van der Waals surface area (Å²) in [4.78, 5) is 11.9. The smallest absolute Gasteiger partial charge is 0.265 e. The zero-order chi connectivity index (χ0) is 22.0. The number of hydrogen-bond donors (Lipinski definition) is 2. The normalized spacial score (nSPS) is 12.3. The molecule has 0 aliphatic heterocycles. The Bertz CT molecular complexity index is 507. The number of nitrogens with one attached hydrogen (secondary N) is 1. The van der Waals surface area contributed by atoms with Crippen molar-refractivity contribution in [2.45, 2.75) is 96.8 Å². The minimum absolute atomic E-state index is 0.137. The number of hydrogen-bond acceptors (Lipinski definition) is 3. The molecule has 0 heterocycles. The fraction of sp³-hybridized carbons (Fsp3) is 0.955. The number of nitrogens with zero attached hydrogens (tertiary/aromatic N) is 1. The van der Waals surface area contributed by atoms with Gasteiger partial charge in [0.2, 0.25) is 5.91 Å². The Morgan fingerprint density at radius 3 is 1.86 bits per heavy atom. The molecule has 0 rings (SSSR count). The van der Waals surface area contributed by atoms with Crippen molar-refractivity contribution >= 4 is 16.0 Å². The zero-order valence-corrected chi connectivity index (χ0v) is 20.1. The Hall–Kier alpha value is -0.660. The Balaban J connectivity index is 3.49. The third-order valence-electron chi connectivity index (χ3n) is 5.44. The van der Waals surface area contributed by atoms with Gasteiger partial charge < -0.3 is 9.80 Å². The van der Waals surface area contributed by atoms with Gasteiger partial charge in [0.15, 0.2) is 0 Å². The number of amides is 1. The van der Waals surface area contributed by atoms with Crippen molar-refractivity contribution in [1.82, 2.24) is 5.32 Å². The van der Waals surface area contributed by atoms with Gasteiger partial charge in [0.25, 0.3) is 10.1 Å². The van der Waals surface area contributed by atoms with Crippen molar-refractivity contribution in [3.05, 3.63) is 0 Å². The van der Waals surface area contributed by atoms with Crippen LogP contribution in [0, 0.1) is 0 Å². The van der Waals surface area contributed by atoms with Crippen molar-refractivity contribution < 1.29 is 22.2 Å². The second-order valence-electron chi connectivity index (χ2n) is 9.01. The van der Waals surface area contributed by atoms with Gasteiger partial charge in [0, 0.05) is 19.4 Å². The van der Waals surface area contributed by atoms with Gasteiger partial charge in [-0.15, -0.1) is 0 Å². The van der Waals surface area contributed by atoms with Gasteiger partial charge in [-0.25, -0.2) is 0 Å². The second kappa shape index (κ2) is 17.1. The predicted molar refractivity (Wildman–Crippen MR) is 122 cm³/mol. The van der Waals surface area contributed by atoms with E-state index in [0.29, 0.717) is 23.9 Å². The van der Waals surface area contributed by atoms with Crippen molar-refractivity contribution in [2.24, 2.45) is 0 Å². The number of quaternary nitrogens is 1. The first-order valence-corrected chi connectivity index (χ1v) is 13.3. The largest absolute Gasteiger partial charge is 0.356 e. The van der Waals surface area contributed by atoms with Gasteiger partial charge in [0.1, 0.15) is 0 Å². The summed E-state index contributed by atoms with van der Waals surface area (Å²) in [7, 11) is 0.233. The highest BCUT2D eigenvalue weighted by Crippen LogP contribution is 2.10. The standard InChI is InChI=1S/C22H46N2O4S/c1-4-5-6-7-8-9-10-11-12-14-18-23-22(25)17-13-15-19-24(2,3)20-16-21-29(26,27)28/h4-21H2,1-3H3,(H-,23,25,26,27,28)/p+1. The Kier molecular flexibility index (Phi) is 16.7. The van der Waals surface area contributed by atoms with E-state index in [0.717, 1.165) is 32.4 Å². The lowest BCUT2D eigenvalue weighted by Crippen LogP contribution is -2.41. The van der Waals surface area contributed by atoms with Crippen LogP contribution in [0.2, 0.25) is 0 Å². The molecule has 0 spiro atoms. The maximum absolute atomic E-state index is 11.9. The lowest BCUT2D eigenvalue weighted by atomic mass is 10.1. The molecule has 0 unspecified atom stereocenters. The molecule has 0 aliphatic rings. The molecule has 174 valence electrons. The van der Waals surface area contributed by atoms with Crippen molar-refractivity contribution in [2.75, 3.05) is 39.5 Å². The van der Waals surface area contributed by atoms with Crippen LogP contribution >= 0.6 is 0 Å². The molecule has 0 aromatic heterocycles. The molecular weight excluding hydrogens is 388 g/mol. The van der Waals surface area contributed by atoms with Crippen LogP contribution in [0.15, 0.2) is 0 Å². The molecule has 0 aromatic carbocycles. The summed E-state index contributed by atoms with van der Waals surface area (Å²) in [5, 5.41) is 3.02. The summed E-state index contributed by atoms with van der Waals surface area (Å²) in [6, 6.07) is 0. The lowest BCUT2D eigenvalue weighted by Gasteiger charge is -2.29. The predicted octanol–water partition coefficient (Wildman–Crippen LogP) is 4.55. The summed E-state index contributed by atoms with van der Waals surface area (Å²) in [6.45, 7) is 4.63. The van der Waals surface area contributed by atoms with E-state index in [4.69, 9.17) is 4.55 Å². The van der Waals surface area contributed by atoms with Gasteiger partial charge >= 0.3 is 0 Å². The van der Waals surface area contributed by atoms with Crippen LogP contribution in [0.5, 0.6) is 0 Å². The van der Waals surface area contributed by atoms with E-state index in [2.05, 4.69) is 26.3 Å². The summed E-state index contributed by atoms with van der Waals surface area (Å²) in [5.41, 5.74) is 0. The number of unbranched alkanes of at least 4 members (excludes halogenated alkanes) is 10. The van der Waals surface area contributed by atoms with Gasteiger partial charge in [-0.05, 0) is 19.3 Å². The second-order valence-corrected chi connectivity index (χ2v) is 10.6. The van der Waals surface area contributed by atoms with Crippen LogP contribution in [0.1, 0.15) is 96.8 Å². The summed E-state index contributed by atoms with van der Waals surface area (Å²) < 4.78 is 31.0. The molecule has 7 heteroatoms. The van der Waals surface area contributed by atoms with E-state index >= 15 is 0 Å². The van der Waals surface area contributed by atoms with E-state index in [-0.39, 0.29) is 11.7 Å². The molecule has 0 fully saturated rings. The average molecular weight is 436 g/mol. The highest BCUT2D eigenvalue weighted by atomic mass is 32.2. The van der Waals surface area contributed by atoms with E-state index < -0.39 is 10.1 Å². The number of carbonyl (C=O) groups excluding carboxylic acids is 1. The van der Waals surface area contributed by atoms with Crippen molar-refractivity contribution in [3.8, 4) is 0 Å². The Labute approximate surface area is 180 Å². The molecule has 2 N–H and O–H groups in total. The van der Waals surface area contributed by atoms with Crippen molar-refractivity contribution in [3.63, 3.8) is 0 Å². The van der Waals surface area contributed by atoms with Crippen LogP contribution in [-0.4, -0.2) is 62.8 Å². The van der Waals surface area contributed by atoms with Crippen LogP contribution in [0.4, 0.5) is 0 Å². The number of carbonyl (C=O) groups is 1. The maximum Gasteiger partial charge on any atom is 0.265 e. The van der Waals surface area contributed by atoms with Gasteiger partial charge in [0.05, 0.1) is 32.9 Å². The maximum atomic E-state index is 11.9. The van der Waals surface area contributed by atoms with Crippen LogP contribution < -0.4 is 5.32 Å². The SMILES string of the molecule is CCCCCCCCCCCCNC(=O)CCCC[N+](C)(C)CCCS(=O)(=O)O. The summed E-state index contributed by atoms with van der Waals surface area (Å²) in [5.74, 6) is -0.0478. The number of rotatable bonds is 20. The summed E-state index contributed by atoms with van der Waals surface area (Å²) >= 11 is 0. The van der Waals surface area contributed by atoms with E-state index in [9.17, 15) is 13.2 Å². The molecular formula is C22H47N2O4S+. The van der Waals surface area contributed by atoms with Crippen LogP contribution in [-0.2, 0) is 14.9 Å². The quantitative estimate of drug-likeness (QED) is 0.167. The average Bonchev–Trinajstić information content (AvgIpc) is 2.62. The molecule has 0 bridgehead atoms. The molecule has 0 saturated carbocycles. The molecule has 29 heavy (non-hydrogen) atoms. The molecule has 0 aromatic rings. The summed E-state index contributed by atoms with van der Waals surface area (Å²) in [6.07, 6.45) is 15.8. The topological polar surface area (TPSA) is 83.5 Å². The zero-order valence-electron chi connectivity index (χ0n) is 19.3. The molecule has 0 atom stereocenters. The Morgan fingerprint density at radius 2 is 1.31 bits per heavy atom. The van der Waals surface area contributed by atoms with Crippen LogP contribution in [0.25, 0.3) is 0 Å². The van der Waals surface area contributed by atoms with Crippen LogP contribution in [0.3, 0.4) is 0 Å². The van der Waals surface area contributed by atoms with E-state index in [1.165, 1.54) is 57.8 Å². The monoisotopic (exact) mass is 435 g/mol. The molecule has 0 aliphatic carbocycles. The molecule has 0 saturated heterocycles. The highest BCUT2D eigenvalue weighted by molar-refractivity contribution is 7.85. The first-order chi connectivity index (χ1) is 13.7. The minimum Gasteiger partial charge on any atom is -0.356 e. The first-order valence-electron chi connectivity index (χ1n) is 11.7. The van der Waals surface area contributed by atoms with Gasteiger partial charge in [-0.2, -0.15) is 8.42 Å². The molecule has 6 nitrogen and oxygen atoms in total. The Morgan fingerprint density at radius 1 is 0.793 bits per heavy atom. The first kappa shape index (κ1) is 28.3. The van der Waals surface area contributed by atoms with E-state index in [1.807, 2.05) is 0 Å². The van der Waals surface area contributed by atoms with Crippen molar-refractivity contribution in [1.29, 1.82) is 0 Å². The van der Waals surface area contributed by atoms with Gasteiger partial charge in [-0.3, -0.25) is 9.35 Å². The minimum atomic E-state index is -3.87. The molecule has 1 amide bonds. The van der Waals surface area contributed by atoms with Gasteiger partial charge in [-0.1, -0.05) is 64.7 Å². The molecule has 0 radical (unpaired) electrons. The lowest BCUT2D eigenvalue weighted by molar-refractivity contribution is -0.890.